The second kappa shape index (κ2) is 10.3. The highest BCUT2D eigenvalue weighted by molar-refractivity contribution is 5.95. The van der Waals surface area contributed by atoms with E-state index in [2.05, 4.69) is 77.9 Å². The van der Waals surface area contributed by atoms with Gasteiger partial charge in [0, 0.05) is 38.8 Å². The van der Waals surface area contributed by atoms with Gasteiger partial charge in [-0.25, -0.2) is 0 Å². The van der Waals surface area contributed by atoms with Gasteiger partial charge in [-0.2, -0.15) is 0 Å². The summed E-state index contributed by atoms with van der Waals surface area (Å²) < 4.78 is 0. The number of aryl methyl sites for hydroxylation is 1. The highest BCUT2D eigenvalue weighted by Crippen LogP contribution is 2.21. The molecule has 1 saturated heterocycles. The first kappa shape index (κ1) is 21.8. The SMILES string of the molecule is CN=C(NCc1ccc(N2CCCC2=O)cc1)NCC(c1ccc(C)cc1)N(C)C. The zero-order valence-corrected chi connectivity index (χ0v) is 18.5. The van der Waals surface area contributed by atoms with E-state index in [0.29, 0.717) is 13.0 Å². The third-order valence-electron chi connectivity index (χ3n) is 5.55. The lowest BCUT2D eigenvalue weighted by Crippen LogP contribution is -2.41. The average Bonchev–Trinajstić information content (AvgIpc) is 3.17. The number of carbonyl (C=O) groups is 1. The van der Waals surface area contributed by atoms with Crippen molar-refractivity contribution in [3.63, 3.8) is 0 Å². The molecule has 0 aliphatic carbocycles. The number of amides is 1. The number of aliphatic imine (C=N–C) groups is 1. The maximum atomic E-state index is 11.9. The first-order chi connectivity index (χ1) is 14.5. The minimum atomic E-state index is 0.217. The fourth-order valence-corrected chi connectivity index (χ4v) is 3.70. The van der Waals surface area contributed by atoms with Crippen LogP contribution >= 0.6 is 0 Å². The lowest BCUT2D eigenvalue weighted by Gasteiger charge is -2.26. The highest BCUT2D eigenvalue weighted by Gasteiger charge is 2.21. The lowest BCUT2D eigenvalue weighted by molar-refractivity contribution is -0.117. The maximum absolute atomic E-state index is 11.9. The fraction of sp³-hybridized carbons (Fsp3) is 0.417. The van der Waals surface area contributed by atoms with Crippen LogP contribution in [-0.2, 0) is 11.3 Å². The minimum absolute atomic E-state index is 0.217. The number of hydrogen-bond donors (Lipinski definition) is 2. The van der Waals surface area contributed by atoms with Gasteiger partial charge in [0.25, 0.3) is 0 Å². The third-order valence-corrected chi connectivity index (χ3v) is 5.55. The Balaban J connectivity index is 1.54. The molecule has 0 spiro atoms. The summed E-state index contributed by atoms with van der Waals surface area (Å²) in [6.07, 6.45) is 1.60. The molecular formula is C24H33N5O. The molecule has 0 radical (unpaired) electrons. The van der Waals surface area contributed by atoms with E-state index >= 15 is 0 Å². The quantitative estimate of drug-likeness (QED) is 0.547. The van der Waals surface area contributed by atoms with Crippen molar-refractivity contribution in [2.24, 2.45) is 4.99 Å². The number of anilines is 1. The maximum Gasteiger partial charge on any atom is 0.227 e. The topological polar surface area (TPSA) is 60.0 Å². The predicted molar refractivity (Wildman–Crippen MR) is 124 cm³/mol. The number of likely N-dealkylation sites (N-methyl/N-ethyl adjacent to an activating group) is 1. The van der Waals surface area contributed by atoms with Gasteiger partial charge in [0.15, 0.2) is 5.96 Å². The summed E-state index contributed by atoms with van der Waals surface area (Å²) in [5.41, 5.74) is 4.68. The Morgan fingerprint density at radius 1 is 1.10 bits per heavy atom. The first-order valence-electron chi connectivity index (χ1n) is 10.5. The summed E-state index contributed by atoms with van der Waals surface area (Å²) in [6.45, 7) is 4.35. The Hall–Kier alpha value is -2.86. The second-order valence-electron chi connectivity index (χ2n) is 8.01. The van der Waals surface area contributed by atoms with Gasteiger partial charge >= 0.3 is 0 Å². The molecule has 2 N–H and O–H groups in total. The molecular weight excluding hydrogens is 374 g/mol. The van der Waals surface area contributed by atoms with Crippen molar-refractivity contribution in [2.75, 3.05) is 39.1 Å². The molecule has 6 nitrogen and oxygen atoms in total. The van der Waals surface area contributed by atoms with Gasteiger partial charge in [-0.1, -0.05) is 42.0 Å². The van der Waals surface area contributed by atoms with E-state index in [1.54, 1.807) is 7.05 Å². The summed E-state index contributed by atoms with van der Waals surface area (Å²) in [6, 6.07) is 17.1. The van der Waals surface area contributed by atoms with Crippen molar-refractivity contribution >= 4 is 17.6 Å². The number of nitrogens with one attached hydrogen (secondary N) is 2. The van der Waals surface area contributed by atoms with E-state index < -0.39 is 0 Å². The zero-order chi connectivity index (χ0) is 21.5. The smallest absolute Gasteiger partial charge is 0.227 e. The van der Waals surface area contributed by atoms with Gasteiger partial charge < -0.3 is 20.4 Å². The summed E-state index contributed by atoms with van der Waals surface area (Å²) in [4.78, 5) is 20.3. The van der Waals surface area contributed by atoms with Crippen molar-refractivity contribution in [2.45, 2.75) is 32.4 Å². The molecule has 2 aromatic rings. The van der Waals surface area contributed by atoms with Crippen LogP contribution < -0.4 is 15.5 Å². The molecule has 1 unspecified atom stereocenters. The third kappa shape index (κ3) is 5.60. The molecule has 1 aliphatic heterocycles. The number of benzene rings is 2. The van der Waals surface area contributed by atoms with Crippen LogP contribution in [0.1, 0.15) is 35.6 Å². The van der Waals surface area contributed by atoms with Gasteiger partial charge in [-0.15, -0.1) is 0 Å². The molecule has 6 heteroatoms. The molecule has 1 fully saturated rings. The van der Waals surface area contributed by atoms with E-state index in [1.807, 2.05) is 17.0 Å². The Bertz CT molecular complexity index is 858. The summed E-state index contributed by atoms with van der Waals surface area (Å²) in [5, 5.41) is 6.82. The fourth-order valence-electron chi connectivity index (χ4n) is 3.70. The molecule has 0 saturated carbocycles. The molecule has 0 bridgehead atoms. The Labute approximate surface area is 180 Å². The Morgan fingerprint density at radius 2 is 1.80 bits per heavy atom. The first-order valence-corrected chi connectivity index (χ1v) is 10.5. The van der Waals surface area contributed by atoms with Crippen molar-refractivity contribution in [1.82, 2.24) is 15.5 Å². The van der Waals surface area contributed by atoms with E-state index in [-0.39, 0.29) is 11.9 Å². The van der Waals surface area contributed by atoms with Gasteiger partial charge in [0.05, 0.1) is 6.04 Å². The molecule has 160 valence electrons. The summed E-state index contributed by atoms with van der Waals surface area (Å²) >= 11 is 0. The monoisotopic (exact) mass is 407 g/mol. The number of rotatable bonds is 7. The molecule has 1 heterocycles. The van der Waals surface area contributed by atoms with E-state index in [1.165, 1.54) is 11.1 Å². The van der Waals surface area contributed by atoms with Crippen molar-refractivity contribution in [3.05, 3.63) is 65.2 Å². The Morgan fingerprint density at radius 3 is 2.37 bits per heavy atom. The minimum Gasteiger partial charge on any atom is -0.354 e. The highest BCUT2D eigenvalue weighted by atomic mass is 16.2. The predicted octanol–water partition coefficient (Wildman–Crippen LogP) is 3.09. The molecule has 1 aliphatic rings. The number of nitrogens with zero attached hydrogens (tertiary/aromatic N) is 3. The van der Waals surface area contributed by atoms with Crippen LogP contribution in [0.4, 0.5) is 5.69 Å². The van der Waals surface area contributed by atoms with Crippen LogP contribution in [0.25, 0.3) is 0 Å². The molecule has 1 atom stereocenters. The van der Waals surface area contributed by atoms with Gasteiger partial charge in [-0.05, 0) is 50.7 Å². The second-order valence-corrected chi connectivity index (χ2v) is 8.01. The largest absolute Gasteiger partial charge is 0.354 e. The van der Waals surface area contributed by atoms with E-state index in [0.717, 1.165) is 36.7 Å². The van der Waals surface area contributed by atoms with Crippen molar-refractivity contribution in [3.8, 4) is 0 Å². The molecule has 1 amide bonds. The molecule has 0 aromatic heterocycles. The van der Waals surface area contributed by atoms with Crippen LogP contribution in [0.3, 0.4) is 0 Å². The normalized spacial score (nSPS) is 15.6. The van der Waals surface area contributed by atoms with Gasteiger partial charge in [0.1, 0.15) is 0 Å². The number of carbonyl (C=O) groups excluding carboxylic acids is 1. The number of hydrogen-bond acceptors (Lipinski definition) is 3. The molecule has 2 aromatic carbocycles. The van der Waals surface area contributed by atoms with Crippen LogP contribution in [-0.4, -0.2) is 51.0 Å². The standard InChI is InChI=1S/C24H33N5O/c1-18-7-11-20(12-8-18)22(28(3)4)17-27-24(25-2)26-16-19-9-13-21(14-10-19)29-15-5-6-23(29)30/h7-14,22H,5-6,15-17H2,1-4H3,(H2,25,26,27). The van der Waals surface area contributed by atoms with Crippen molar-refractivity contribution < 1.29 is 4.79 Å². The molecule has 3 rings (SSSR count). The van der Waals surface area contributed by atoms with Crippen molar-refractivity contribution in [1.29, 1.82) is 0 Å². The van der Waals surface area contributed by atoms with Gasteiger partial charge in [-0.3, -0.25) is 9.79 Å². The zero-order valence-electron chi connectivity index (χ0n) is 18.5. The van der Waals surface area contributed by atoms with E-state index in [4.69, 9.17) is 0 Å². The Kier molecular flexibility index (Phi) is 7.46. The van der Waals surface area contributed by atoms with Crippen LogP contribution in [0.2, 0.25) is 0 Å². The van der Waals surface area contributed by atoms with E-state index in [9.17, 15) is 4.79 Å². The van der Waals surface area contributed by atoms with Crippen LogP contribution in [0, 0.1) is 6.92 Å². The summed E-state index contributed by atoms with van der Waals surface area (Å²) in [5.74, 6) is 0.988. The van der Waals surface area contributed by atoms with Crippen LogP contribution in [0.5, 0.6) is 0 Å². The van der Waals surface area contributed by atoms with Gasteiger partial charge in [0.2, 0.25) is 5.91 Å². The summed E-state index contributed by atoms with van der Waals surface area (Å²) in [7, 11) is 5.97. The average molecular weight is 408 g/mol. The molecule has 30 heavy (non-hydrogen) atoms. The number of guanidine groups is 1. The van der Waals surface area contributed by atoms with Crippen LogP contribution in [0.15, 0.2) is 53.5 Å². The lowest BCUT2D eigenvalue weighted by atomic mass is 10.0.